The summed E-state index contributed by atoms with van der Waals surface area (Å²) in [5.41, 5.74) is 4.57. The fourth-order valence-corrected chi connectivity index (χ4v) is 4.04. The molecule has 1 aromatic carbocycles. The number of nitrogens with zero attached hydrogens (tertiary/aromatic N) is 1. The van der Waals surface area contributed by atoms with Crippen molar-refractivity contribution < 1.29 is 9.53 Å². The lowest BCUT2D eigenvalue weighted by Gasteiger charge is -2.44. The van der Waals surface area contributed by atoms with E-state index in [0.29, 0.717) is 12.6 Å². The minimum Gasteiger partial charge on any atom is -0.456 e. The zero-order valence-corrected chi connectivity index (χ0v) is 12.9. The molecule has 0 N–H and O–H groups in total. The van der Waals surface area contributed by atoms with Crippen LogP contribution in [-0.2, 0) is 9.53 Å². The highest BCUT2D eigenvalue weighted by Crippen LogP contribution is 2.42. The Morgan fingerprint density at radius 1 is 1.23 bits per heavy atom. The van der Waals surface area contributed by atoms with Gasteiger partial charge in [0.05, 0.1) is 23.4 Å². The number of carbonyl (C=O) groups is 1. The number of rotatable bonds is 2. The molecule has 3 nitrogen and oxygen atoms in total. The third-order valence-corrected chi connectivity index (χ3v) is 5.17. The Bertz CT molecular complexity index is 659. The lowest BCUT2D eigenvalue weighted by atomic mass is 9.83. The molecule has 0 radical (unpaired) electrons. The van der Waals surface area contributed by atoms with Crippen molar-refractivity contribution in [1.29, 1.82) is 0 Å². The van der Waals surface area contributed by atoms with E-state index in [2.05, 4.69) is 42.2 Å². The average Bonchev–Trinajstić information content (AvgIpc) is 2.94. The first-order valence-electron chi connectivity index (χ1n) is 8.20. The minimum atomic E-state index is -0.156. The van der Waals surface area contributed by atoms with Crippen LogP contribution in [0.1, 0.15) is 44.2 Å². The second-order valence-electron chi connectivity index (χ2n) is 6.41. The number of hydrogen-bond acceptors (Lipinski definition) is 3. The van der Waals surface area contributed by atoms with Gasteiger partial charge in [0.15, 0.2) is 0 Å². The molecule has 0 amide bonds. The van der Waals surface area contributed by atoms with Crippen molar-refractivity contribution in [2.24, 2.45) is 0 Å². The van der Waals surface area contributed by atoms with Crippen LogP contribution in [-0.4, -0.2) is 23.5 Å². The summed E-state index contributed by atoms with van der Waals surface area (Å²) >= 11 is 0. The molecule has 1 saturated carbocycles. The molecule has 2 aliphatic heterocycles. The Labute approximate surface area is 131 Å². The van der Waals surface area contributed by atoms with Gasteiger partial charge in [-0.25, -0.2) is 4.79 Å². The summed E-state index contributed by atoms with van der Waals surface area (Å²) < 4.78 is 5.32. The van der Waals surface area contributed by atoms with Crippen molar-refractivity contribution in [2.75, 3.05) is 6.61 Å². The van der Waals surface area contributed by atoms with Gasteiger partial charge in [-0.3, -0.25) is 0 Å². The van der Waals surface area contributed by atoms with Crippen LogP contribution < -0.4 is 0 Å². The van der Waals surface area contributed by atoms with E-state index in [1.807, 2.05) is 6.07 Å². The third-order valence-electron chi connectivity index (χ3n) is 5.17. The van der Waals surface area contributed by atoms with Crippen LogP contribution in [0, 0.1) is 0 Å². The number of fused-ring (bicyclic) bond motifs is 1. The Hall–Kier alpha value is -2.03. The van der Waals surface area contributed by atoms with Gasteiger partial charge >= 0.3 is 5.97 Å². The standard InChI is InChI=1S/C19H21NO2/c1-13(14-7-3-2-4-8-14)20-17-10-6-5-9-15(17)11-16-18(20)12-22-19(16)21/h2-4,7-8,11,13,17H,5-6,9-10,12H2,1H3/t13-,17?/m0/s1. The number of hydrogen-bond donors (Lipinski definition) is 0. The first-order valence-corrected chi connectivity index (χ1v) is 8.20. The number of esters is 1. The largest absolute Gasteiger partial charge is 0.456 e. The van der Waals surface area contributed by atoms with E-state index in [-0.39, 0.29) is 12.0 Å². The highest BCUT2D eigenvalue weighted by Gasteiger charge is 2.39. The molecular formula is C19H21NO2. The summed E-state index contributed by atoms with van der Waals surface area (Å²) in [4.78, 5) is 14.5. The van der Waals surface area contributed by atoms with Crippen LogP contribution in [0.2, 0.25) is 0 Å². The van der Waals surface area contributed by atoms with E-state index in [0.717, 1.165) is 17.7 Å². The monoisotopic (exact) mass is 295 g/mol. The lowest BCUT2D eigenvalue weighted by molar-refractivity contribution is -0.135. The van der Waals surface area contributed by atoms with Gasteiger partial charge in [-0.05, 0) is 43.4 Å². The Balaban J connectivity index is 1.77. The van der Waals surface area contributed by atoms with Gasteiger partial charge in [-0.15, -0.1) is 0 Å². The fraction of sp³-hybridized carbons (Fsp3) is 0.421. The summed E-state index contributed by atoms with van der Waals surface area (Å²) in [6.07, 6.45) is 6.88. The molecule has 1 aliphatic carbocycles. The van der Waals surface area contributed by atoms with Crippen LogP contribution in [0.25, 0.3) is 0 Å². The number of carbonyl (C=O) groups excluding carboxylic acids is 1. The van der Waals surface area contributed by atoms with Gasteiger partial charge in [0.1, 0.15) is 6.61 Å². The Kier molecular flexibility index (Phi) is 3.29. The Morgan fingerprint density at radius 2 is 2.05 bits per heavy atom. The molecule has 0 aromatic heterocycles. The highest BCUT2D eigenvalue weighted by molar-refractivity contribution is 5.95. The van der Waals surface area contributed by atoms with Gasteiger partial charge in [0.25, 0.3) is 0 Å². The number of cyclic esters (lactones) is 1. The molecule has 0 saturated heterocycles. The van der Waals surface area contributed by atoms with Crippen LogP contribution in [0.15, 0.2) is 53.3 Å². The molecule has 1 aromatic rings. The van der Waals surface area contributed by atoms with Gasteiger partial charge in [-0.2, -0.15) is 0 Å². The molecule has 1 fully saturated rings. The molecule has 4 rings (SSSR count). The van der Waals surface area contributed by atoms with Crippen molar-refractivity contribution in [3.63, 3.8) is 0 Å². The van der Waals surface area contributed by atoms with E-state index in [4.69, 9.17) is 4.74 Å². The summed E-state index contributed by atoms with van der Waals surface area (Å²) in [5, 5.41) is 0. The van der Waals surface area contributed by atoms with Crippen molar-refractivity contribution in [1.82, 2.24) is 4.90 Å². The SMILES string of the molecule is C[C@@H](c1ccccc1)N1C2=C(C=C3CCCCC31)C(=O)OC2. The minimum absolute atomic E-state index is 0.156. The predicted octanol–water partition coefficient (Wildman–Crippen LogP) is 3.74. The summed E-state index contributed by atoms with van der Waals surface area (Å²) in [5.74, 6) is -0.156. The van der Waals surface area contributed by atoms with Crippen molar-refractivity contribution in [3.8, 4) is 0 Å². The summed E-state index contributed by atoms with van der Waals surface area (Å²) in [6.45, 7) is 2.66. The van der Waals surface area contributed by atoms with Crippen LogP contribution in [0.3, 0.4) is 0 Å². The van der Waals surface area contributed by atoms with Crippen molar-refractivity contribution in [2.45, 2.75) is 44.7 Å². The molecule has 2 heterocycles. The van der Waals surface area contributed by atoms with Crippen LogP contribution in [0.4, 0.5) is 0 Å². The van der Waals surface area contributed by atoms with E-state index in [9.17, 15) is 4.79 Å². The van der Waals surface area contributed by atoms with Gasteiger partial charge in [-0.1, -0.05) is 36.8 Å². The summed E-state index contributed by atoms with van der Waals surface area (Å²) in [7, 11) is 0. The van der Waals surface area contributed by atoms with Crippen molar-refractivity contribution in [3.05, 3.63) is 58.8 Å². The molecule has 114 valence electrons. The first kappa shape index (κ1) is 13.6. The lowest BCUT2D eigenvalue weighted by Crippen LogP contribution is -2.42. The molecule has 2 atom stereocenters. The number of ether oxygens (including phenoxy) is 1. The Morgan fingerprint density at radius 3 is 2.86 bits per heavy atom. The second-order valence-corrected chi connectivity index (χ2v) is 6.41. The van der Waals surface area contributed by atoms with Gasteiger partial charge in [0, 0.05) is 0 Å². The molecule has 3 aliphatic rings. The van der Waals surface area contributed by atoms with Crippen molar-refractivity contribution >= 4 is 5.97 Å². The maximum absolute atomic E-state index is 12.0. The fourth-order valence-electron chi connectivity index (χ4n) is 4.04. The van der Waals surface area contributed by atoms with Gasteiger partial charge in [0.2, 0.25) is 0 Å². The quantitative estimate of drug-likeness (QED) is 0.778. The smallest absolute Gasteiger partial charge is 0.340 e. The molecule has 22 heavy (non-hydrogen) atoms. The second kappa shape index (κ2) is 5.31. The maximum atomic E-state index is 12.0. The zero-order valence-electron chi connectivity index (χ0n) is 12.9. The average molecular weight is 295 g/mol. The maximum Gasteiger partial charge on any atom is 0.340 e. The molecular weight excluding hydrogens is 274 g/mol. The predicted molar refractivity (Wildman–Crippen MR) is 85.0 cm³/mol. The van der Waals surface area contributed by atoms with Crippen LogP contribution >= 0.6 is 0 Å². The normalized spacial score (nSPS) is 25.3. The number of benzene rings is 1. The van der Waals surface area contributed by atoms with E-state index >= 15 is 0 Å². The third kappa shape index (κ3) is 2.07. The van der Waals surface area contributed by atoms with E-state index < -0.39 is 0 Å². The van der Waals surface area contributed by atoms with Gasteiger partial charge < -0.3 is 9.64 Å². The zero-order chi connectivity index (χ0) is 15.1. The summed E-state index contributed by atoms with van der Waals surface area (Å²) in [6, 6.07) is 11.2. The van der Waals surface area contributed by atoms with E-state index in [1.54, 1.807) is 0 Å². The molecule has 0 spiro atoms. The van der Waals surface area contributed by atoms with Crippen LogP contribution in [0.5, 0.6) is 0 Å². The molecule has 3 heteroatoms. The van der Waals surface area contributed by atoms with E-state index in [1.165, 1.54) is 30.4 Å². The topological polar surface area (TPSA) is 29.5 Å². The highest BCUT2D eigenvalue weighted by atomic mass is 16.5. The molecule has 0 bridgehead atoms. The first-order chi connectivity index (χ1) is 10.8. The molecule has 1 unspecified atom stereocenters.